The first-order valence-electron chi connectivity index (χ1n) is 4.79. The number of thiophene rings is 1. The van der Waals surface area contributed by atoms with Gasteiger partial charge in [-0.3, -0.25) is 0 Å². The third-order valence-corrected chi connectivity index (χ3v) is 3.74. The lowest BCUT2D eigenvalue weighted by molar-refractivity contribution is 1.19. The smallest absolute Gasteiger partial charge is 0.0702 e. The molecule has 2 rings (SSSR count). The summed E-state index contributed by atoms with van der Waals surface area (Å²) in [7, 11) is 0. The number of rotatable bonds is 3. The molecule has 0 saturated carbocycles. The molecule has 78 valence electrons. The molecule has 1 nitrogen and oxygen atoms in total. The molecule has 3 heteroatoms. The summed E-state index contributed by atoms with van der Waals surface area (Å²) in [6.07, 6.45) is 0. The minimum atomic E-state index is 0.889. The zero-order valence-corrected chi connectivity index (χ0v) is 10.9. The third-order valence-electron chi connectivity index (χ3n) is 2.11. The maximum Gasteiger partial charge on any atom is 0.0702 e. The molecule has 0 fully saturated rings. The second kappa shape index (κ2) is 4.81. The van der Waals surface area contributed by atoms with Gasteiger partial charge in [0.15, 0.2) is 0 Å². The molecular formula is C12H12BrNS. The van der Waals surface area contributed by atoms with Crippen LogP contribution in [-0.4, -0.2) is 0 Å². The van der Waals surface area contributed by atoms with Crippen molar-refractivity contribution in [2.75, 3.05) is 5.32 Å². The van der Waals surface area contributed by atoms with Crippen LogP contribution in [0.15, 0.2) is 40.2 Å². The van der Waals surface area contributed by atoms with E-state index in [2.05, 4.69) is 64.6 Å². The molecule has 0 saturated heterocycles. The minimum Gasteiger partial charge on any atom is -0.380 e. The zero-order chi connectivity index (χ0) is 10.7. The number of hydrogen-bond donors (Lipinski definition) is 1. The maximum absolute atomic E-state index is 3.46. The molecule has 0 unspecified atom stereocenters. The van der Waals surface area contributed by atoms with Gasteiger partial charge in [0.2, 0.25) is 0 Å². The Kier molecular flexibility index (Phi) is 3.44. The van der Waals surface area contributed by atoms with Gasteiger partial charge in [-0.25, -0.2) is 0 Å². The van der Waals surface area contributed by atoms with E-state index < -0.39 is 0 Å². The van der Waals surface area contributed by atoms with Crippen LogP contribution in [0.25, 0.3) is 0 Å². The van der Waals surface area contributed by atoms with E-state index in [9.17, 15) is 0 Å². The Labute approximate surface area is 102 Å². The molecule has 0 amide bonds. The lowest BCUT2D eigenvalue weighted by Gasteiger charge is -2.05. The molecule has 1 aromatic heterocycles. The van der Waals surface area contributed by atoms with Crippen molar-refractivity contribution in [3.63, 3.8) is 0 Å². The van der Waals surface area contributed by atoms with Gasteiger partial charge < -0.3 is 5.32 Å². The van der Waals surface area contributed by atoms with E-state index in [0.29, 0.717) is 0 Å². The highest BCUT2D eigenvalue weighted by atomic mass is 79.9. The van der Waals surface area contributed by atoms with Gasteiger partial charge in [0.1, 0.15) is 0 Å². The third kappa shape index (κ3) is 3.08. The number of nitrogens with one attached hydrogen (secondary N) is 1. The Bertz CT molecular complexity index is 450. The van der Waals surface area contributed by atoms with Gasteiger partial charge in [-0.05, 0) is 52.7 Å². The Hall–Kier alpha value is -0.800. The van der Waals surface area contributed by atoms with Gasteiger partial charge in [0.05, 0.1) is 3.79 Å². The van der Waals surface area contributed by atoms with E-state index in [4.69, 9.17) is 0 Å². The molecule has 0 atom stereocenters. The van der Waals surface area contributed by atoms with Gasteiger partial charge in [0, 0.05) is 17.1 Å². The molecule has 0 aliphatic carbocycles. The molecule has 2 aromatic rings. The van der Waals surface area contributed by atoms with E-state index in [1.54, 1.807) is 11.3 Å². The zero-order valence-electron chi connectivity index (χ0n) is 8.46. The lowest BCUT2D eigenvalue weighted by atomic mass is 10.2. The monoisotopic (exact) mass is 281 g/mol. The van der Waals surface area contributed by atoms with Gasteiger partial charge in [-0.15, -0.1) is 11.3 Å². The molecule has 0 radical (unpaired) electrons. The molecule has 0 spiro atoms. The van der Waals surface area contributed by atoms with Gasteiger partial charge >= 0.3 is 0 Å². The quantitative estimate of drug-likeness (QED) is 0.878. The van der Waals surface area contributed by atoms with Crippen LogP contribution < -0.4 is 5.32 Å². The van der Waals surface area contributed by atoms with Crippen molar-refractivity contribution in [2.24, 2.45) is 0 Å². The largest absolute Gasteiger partial charge is 0.380 e. The first-order valence-corrected chi connectivity index (χ1v) is 6.40. The van der Waals surface area contributed by atoms with E-state index in [1.165, 1.54) is 19.9 Å². The predicted octanol–water partition coefficient (Wildman–Crippen LogP) is 4.43. The lowest BCUT2D eigenvalue weighted by Crippen LogP contribution is -1.96. The summed E-state index contributed by atoms with van der Waals surface area (Å²) in [5.41, 5.74) is 2.46. The predicted molar refractivity (Wildman–Crippen MR) is 70.5 cm³/mol. The van der Waals surface area contributed by atoms with Crippen LogP contribution in [0.3, 0.4) is 0 Å². The Morgan fingerprint density at radius 3 is 2.80 bits per heavy atom. The summed E-state index contributed by atoms with van der Waals surface area (Å²) >= 11 is 5.23. The summed E-state index contributed by atoms with van der Waals surface area (Å²) in [6.45, 7) is 2.99. The summed E-state index contributed by atoms with van der Waals surface area (Å²) in [6, 6.07) is 12.6. The summed E-state index contributed by atoms with van der Waals surface area (Å²) in [5, 5.41) is 3.40. The first-order chi connectivity index (χ1) is 7.24. The SMILES string of the molecule is Cc1cccc(NCc2ccc(Br)s2)c1. The van der Waals surface area contributed by atoms with Crippen molar-refractivity contribution in [1.82, 2.24) is 0 Å². The molecule has 0 aliphatic rings. The Morgan fingerprint density at radius 2 is 2.13 bits per heavy atom. The van der Waals surface area contributed by atoms with Crippen molar-refractivity contribution < 1.29 is 0 Å². The molecule has 1 aromatic carbocycles. The van der Waals surface area contributed by atoms with E-state index in [0.717, 1.165) is 6.54 Å². The van der Waals surface area contributed by atoms with E-state index in [-0.39, 0.29) is 0 Å². The Balaban J connectivity index is 1.99. The minimum absolute atomic E-state index is 0.889. The molecule has 1 N–H and O–H groups in total. The molecule has 0 bridgehead atoms. The maximum atomic E-state index is 3.46. The molecule has 0 aliphatic heterocycles. The van der Waals surface area contributed by atoms with Crippen LogP contribution in [0.5, 0.6) is 0 Å². The van der Waals surface area contributed by atoms with Crippen molar-refractivity contribution >= 4 is 33.0 Å². The number of aryl methyl sites for hydroxylation is 1. The summed E-state index contributed by atoms with van der Waals surface area (Å²) < 4.78 is 1.18. The number of anilines is 1. The van der Waals surface area contributed by atoms with Crippen LogP contribution in [0, 0.1) is 6.92 Å². The highest BCUT2D eigenvalue weighted by Gasteiger charge is 1.97. The fraction of sp³-hybridized carbons (Fsp3) is 0.167. The normalized spacial score (nSPS) is 10.3. The van der Waals surface area contributed by atoms with Crippen LogP contribution in [0.2, 0.25) is 0 Å². The molecule has 15 heavy (non-hydrogen) atoms. The first kappa shape index (κ1) is 10.7. The van der Waals surface area contributed by atoms with Gasteiger partial charge in [-0.1, -0.05) is 12.1 Å². The summed E-state index contributed by atoms with van der Waals surface area (Å²) in [4.78, 5) is 1.34. The van der Waals surface area contributed by atoms with Crippen molar-refractivity contribution in [1.29, 1.82) is 0 Å². The van der Waals surface area contributed by atoms with Crippen molar-refractivity contribution in [3.8, 4) is 0 Å². The van der Waals surface area contributed by atoms with Crippen LogP contribution >= 0.6 is 27.3 Å². The van der Waals surface area contributed by atoms with E-state index in [1.807, 2.05) is 0 Å². The molecule has 1 heterocycles. The van der Waals surface area contributed by atoms with Crippen molar-refractivity contribution in [3.05, 3.63) is 50.6 Å². The van der Waals surface area contributed by atoms with Gasteiger partial charge in [-0.2, -0.15) is 0 Å². The Morgan fingerprint density at radius 1 is 1.27 bits per heavy atom. The van der Waals surface area contributed by atoms with Crippen LogP contribution in [0.1, 0.15) is 10.4 Å². The van der Waals surface area contributed by atoms with E-state index >= 15 is 0 Å². The van der Waals surface area contributed by atoms with Crippen LogP contribution in [0.4, 0.5) is 5.69 Å². The number of benzene rings is 1. The highest BCUT2D eigenvalue weighted by Crippen LogP contribution is 2.23. The van der Waals surface area contributed by atoms with Gasteiger partial charge in [0.25, 0.3) is 0 Å². The fourth-order valence-electron chi connectivity index (χ4n) is 1.39. The van der Waals surface area contributed by atoms with Crippen LogP contribution in [-0.2, 0) is 6.54 Å². The number of halogens is 1. The fourth-order valence-corrected chi connectivity index (χ4v) is 2.81. The van der Waals surface area contributed by atoms with Crippen molar-refractivity contribution in [2.45, 2.75) is 13.5 Å². The second-order valence-corrected chi connectivity index (χ2v) is 5.98. The summed E-state index contributed by atoms with van der Waals surface area (Å²) in [5.74, 6) is 0. The second-order valence-electron chi connectivity index (χ2n) is 3.43. The standard InChI is InChI=1S/C12H12BrNS/c1-9-3-2-4-10(7-9)14-8-11-5-6-12(13)15-11/h2-7,14H,8H2,1H3. The topological polar surface area (TPSA) is 12.0 Å². The highest BCUT2D eigenvalue weighted by molar-refractivity contribution is 9.11. The molecular weight excluding hydrogens is 270 g/mol. The average Bonchev–Trinajstić information content (AvgIpc) is 2.62. The number of hydrogen-bond acceptors (Lipinski definition) is 2. The average molecular weight is 282 g/mol.